The summed E-state index contributed by atoms with van der Waals surface area (Å²) in [5.74, 6) is -0.438. The fourth-order valence-electron chi connectivity index (χ4n) is 1.69. The number of hydrogen-bond acceptors (Lipinski definition) is 2. The lowest BCUT2D eigenvalue weighted by molar-refractivity contribution is 0.176. The molecule has 1 atom stereocenters. The first kappa shape index (κ1) is 12.6. The Balaban J connectivity index is 2.03. The third-order valence-electron chi connectivity index (χ3n) is 2.50. The van der Waals surface area contributed by atoms with E-state index in [4.69, 9.17) is 11.6 Å². The SMILES string of the molecule is OC(Cc1cccs1)Cc1cccc(F)c1Cl. The second kappa shape index (κ2) is 5.63. The predicted octanol–water partition coefficient (Wildman–Crippen LogP) is 3.69. The second-order valence-corrected chi connectivity index (χ2v) is 5.26. The normalized spacial score (nSPS) is 12.6. The Morgan fingerprint density at radius 2 is 2.06 bits per heavy atom. The Morgan fingerprint density at radius 3 is 2.76 bits per heavy atom. The highest BCUT2D eigenvalue weighted by Crippen LogP contribution is 2.22. The highest BCUT2D eigenvalue weighted by molar-refractivity contribution is 7.09. The van der Waals surface area contributed by atoms with Crippen molar-refractivity contribution in [2.75, 3.05) is 0 Å². The van der Waals surface area contributed by atoms with Gasteiger partial charge >= 0.3 is 0 Å². The summed E-state index contributed by atoms with van der Waals surface area (Å²) < 4.78 is 13.2. The lowest BCUT2D eigenvalue weighted by Gasteiger charge is -2.11. The molecule has 1 unspecified atom stereocenters. The molecule has 1 nitrogen and oxygen atoms in total. The van der Waals surface area contributed by atoms with Crippen molar-refractivity contribution in [1.29, 1.82) is 0 Å². The molecule has 2 aromatic rings. The lowest BCUT2D eigenvalue weighted by atomic mass is 10.0. The molecular formula is C13H12ClFOS. The van der Waals surface area contributed by atoms with Crippen LogP contribution >= 0.6 is 22.9 Å². The van der Waals surface area contributed by atoms with Crippen molar-refractivity contribution in [3.63, 3.8) is 0 Å². The van der Waals surface area contributed by atoms with Crippen molar-refractivity contribution in [3.8, 4) is 0 Å². The van der Waals surface area contributed by atoms with Crippen LogP contribution in [0.1, 0.15) is 10.4 Å². The van der Waals surface area contributed by atoms with Gasteiger partial charge in [-0.3, -0.25) is 0 Å². The third-order valence-corrected chi connectivity index (χ3v) is 3.83. The van der Waals surface area contributed by atoms with E-state index in [0.29, 0.717) is 18.4 Å². The maximum atomic E-state index is 13.2. The molecule has 0 aliphatic rings. The maximum absolute atomic E-state index is 13.2. The van der Waals surface area contributed by atoms with E-state index in [0.717, 1.165) is 4.88 Å². The van der Waals surface area contributed by atoms with Crippen molar-refractivity contribution in [2.45, 2.75) is 18.9 Å². The summed E-state index contributed by atoms with van der Waals surface area (Å²) in [6.45, 7) is 0. The van der Waals surface area contributed by atoms with Gasteiger partial charge in [0.25, 0.3) is 0 Å². The molecule has 0 amide bonds. The van der Waals surface area contributed by atoms with Crippen molar-refractivity contribution in [2.24, 2.45) is 0 Å². The van der Waals surface area contributed by atoms with Crippen LogP contribution < -0.4 is 0 Å². The summed E-state index contributed by atoms with van der Waals surface area (Å²) in [5, 5.41) is 12.0. The molecule has 0 bridgehead atoms. The van der Waals surface area contributed by atoms with Gasteiger partial charge in [0.1, 0.15) is 5.82 Å². The molecule has 17 heavy (non-hydrogen) atoms. The summed E-state index contributed by atoms with van der Waals surface area (Å²) >= 11 is 7.44. The molecule has 0 fully saturated rings. The van der Waals surface area contributed by atoms with Gasteiger partial charge in [0.2, 0.25) is 0 Å². The molecule has 1 heterocycles. The van der Waals surface area contributed by atoms with Crippen LogP contribution in [0.25, 0.3) is 0 Å². The Morgan fingerprint density at radius 1 is 1.24 bits per heavy atom. The van der Waals surface area contributed by atoms with Crippen LogP contribution in [0.5, 0.6) is 0 Å². The molecule has 90 valence electrons. The fraction of sp³-hybridized carbons (Fsp3) is 0.231. The summed E-state index contributed by atoms with van der Waals surface area (Å²) in [6, 6.07) is 8.58. The van der Waals surface area contributed by atoms with E-state index in [1.54, 1.807) is 23.5 Å². The predicted molar refractivity (Wildman–Crippen MR) is 69.1 cm³/mol. The zero-order chi connectivity index (χ0) is 12.3. The number of benzene rings is 1. The quantitative estimate of drug-likeness (QED) is 0.898. The van der Waals surface area contributed by atoms with Crippen molar-refractivity contribution in [1.82, 2.24) is 0 Å². The first-order chi connectivity index (χ1) is 8.16. The minimum atomic E-state index is -0.534. The Hall–Kier alpha value is -0.900. The van der Waals surface area contributed by atoms with Crippen LogP contribution in [0.15, 0.2) is 35.7 Å². The molecule has 1 aromatic heterocycles. The van der Waals surface area contributed by atoms with Crippen LogP contribution in [0.2, 0.25) is 5.02 Å². The topological polar surface area (TPSA) is 20.2 Å². The smallest absolute Gasteiger partial charge is 0.142 e. The van der Waals surface area contributed by atoms with Crippen LogP contribution in [-0.2, 0) is 12.8 Å². The molecule has 0 radical (unpaired) electrons. The minimum absolute atomic E-state index is 0.109. The largest absolute Gasteiger partial charge is 0.392 e. The van der Waals surface area contributed by atoms with Gasteiger partial charge < -0.3 is 5.11 Å². The molecule has 2 rings (SSSR count). The fourth-order valence-corrected chi connectivity index (χ4v) is 2.67. The van der Waals surface area contributed by atoms with Crippen molar-refractivity contribution >= 4 is 22.9 Å². The van der Waals surface area contributed by atoms with Crippen molar-refractivity contribution in [3.05, 3.63) is 57.0 Å². The van der Waals surface area contributed by atoms with Crippen LogP contribution in [0.3, 0.4) is 0 Å². The van der Waals surface area contributed by atoms with E-state index in [1.165, 1.54) is 6.07 Å². The molecule has 0 saturated heterocycles. The number of thiophene rings is 1. The molecule has 1 N–H and O–H groups in total. The first-order valence-electron chi connectivity index (χ1n) is 5.30. The van der Waals surface area contributed by atoms with E-state index in [-0.39, 0.29) is 5.02 Å². The van der Waals surface area contributed by atoms with E-state index in [2.05, 4.69) is 0 Å². The van der Waals surface area contributed by atoms with Gasteiger partial charge in [-0.15, -0.1) is 11.3 Å². The van der Waals surface area contributed by atoms with Gasteiger partial charge in [0.15, 0.2) is 0 Å². The number of rotatable bonds is 4. The van der Waals surface area contributed by atoms with E-state index >= 15 is 0 Å². The highest BCUT2D eigenvalue weighted by atomic mass is 35.5. The zero-order valence-corrected chi connectivity index (χ0v) is 10.6. The standard InChI is InChI=1S/C13H12ClFOS/c14-13-9(3-1-5-12(13)15)7-10(16)8-11-4-2-6-17-11/h1-6,10,16H,7-8H2. The molecular weight excluding hydrogens is 259 g/mol. The van der Waals surface area contributed by atoms with Gasteiger partial charge in [-0.2, -0.15) is 0 Å². The van der Waals surface area contributed by atoms with E-state index < -0.39 is 11.9 Å². The number of aliphatic hydroxyl groups excluding tert-OH is 1. The molecule has 1 aromatic carbocycles. The zero-order valence-electron chi connectivity index (χ0n) is 9.07. The summed E-state index contributed by atoms with van der Waals surface area (Å²) in [7, 11) is 0. The Labute approximate surface area is 108 Å². The monoisotopic (exact) mass is 270 g/mol. The average Bonchev–Trinajstić information content (AvgIpc) is 2.77. The number of hydrogen-bond donors (Lipinski definition) is 1. The lowest BCUT2D eigenvalue weighted by Crippen LogP contribution is -2.13. The Kier molecular flexibility index (Phi) is 4.15. The molecule has 0 saturated carbocycles. The first-order valence-corrected chi connectivity index (χ1v) is 6.56. The van der Waals surface area contributed by atoms with E-state index in [1.807, 2.05) is 17.5 Å². The summed E-state index contributed by atoms with van der Waals surface area (Å²) in [6.07, 6.45) is 0.409. The summed E-state index contributed by atoms with van der Waals surface area (Å²) in [5.41, 5.74) is 0.649. The van der Waals surface area contributed by atoms with Crippen LogP contribution in [-0.4, -0.2) is 11.2 Å². The molecule has 0 aliphatic heterocycles. The minimum Gasteiger partial charge on any atom is -0.392 e. The third kappa shape index (κ3) is 3.28. The van der Waals surface area contributed by atoms with Gasteiger partial charge in [-0.25, -0.2) is 4.39 Å². The molecule has 0 aliphatic carbocycles. The average molecular weight is 271 g/mol. The van der Waals surface area contributed by atoms with Gasteiger partial charge in [-0.1, -0.05) is 29.8 Å². The molecule has 0 spiro atoms. The number of halogens is 2. The number of aliphatic hydroxyl groups is 1. The highest BCUT2D eigenvalue weighted by Gasteiger charge is 2.12. The van der Waals surface area contributed by atoms with Gasteiger partial charge in [0, 0.05) is 17.7 Å². The van der Waals surface area contributed by atoms with Gasteiger partial charge in [0.05, 0.1) is 11.1 Å². The van der Waals surface area contributed by atoms with Gasteiger partial charge in [-0.05, 0) is 23.1 Å². The van der Waals surface area contributed by atoms with E-state index in [9.17, 15) is 9.50 Å². The second-order valence-electron chi connectivity index (χ2n) is 3.85. The maximum Gasteiger partial charge on any atom is 0.142 e. The molecule has 4 heteroatoms. The van der Waals surface area contributed by atoms with Crippen LogP contribution in [0.4, 0.5) is 4.39 Å². The van der Waals surface area contributed by atoms with Crippen molar-refractivity contribution < 1.29 is 9.50 Å². The Bertz CT molecular complexity index is 484. The van der Waals surface area contributed by atoms with Crippen LogP contribution in [0, 0.1) is 5.82 Å². The summed E-state index contributed by atoms with van der Waals surface area (Å²) in [4.78, 5) is 1.12.